The number of halogens is 1. The second kappa shape index (κ2) is 9.58. The molecule has 0 saturated carbocycles. The second-order valence-corrected chi connectivity index (χ2v) is 5.49. The third-order valence-electron chi connectivity index (χ3n) is 3.66. The zero-order valence-corrected chi connectivity index (χ0v) is 15.4. The Morgan fingerprint density at radius 2 is 1.65 bits per heavy atom. The molecule has 1 heterocycles. The summed E-state index contributed by atoms with van der Waals surface area (Å²) in [4.78, 5) is 4.14. The van der Waals surface area contributed by atoms with Crippen molar-refractivity contribution >= 4 is 0 Å². The topological polar surface area (TPSA) is 52.6 Å². The number of benzene rings is 1. The molecule has 1 aromatic heterocycles. The first-order valence-corrected chi connectivity index (χ1v) is 8.10. The van der Waals surface area contributed by atoms with Gasteiger partial charge in [-0.1, -0.05) is 6.07 Å². The molecule has 1 aromatic carbocycles. The molecule has 0 fully saturated rings. The molecular weight excluding hydrogens is 335 g/mol. The van der Waals surface area contributed by atoms with Crippen molar-refractivity contribution < 1.29 is 18.6 Å². The van der Waals surface area contributed by atoms with Gasteiger partial charge in [0.05, 0.1) is 14.2 Å². The second-order valence-electron chi connectivity index (χ2n) is 5.49. The molecule has 0 aliphatic rings. The van der Waals surface area contributed by atoms with Gasteiger partial charge in [0, 0.05) is 36.6 Å². The van der Waals surface area contributed by atoms with Crippen molar-refractivity contribution in [2.75, 3.05) is 21.3 Å². The van der Waals surface area contributed by atoms with Crippen LogP contribution in [-0.2, 0) is 6.54 Å². The zero-order chi connectivity index (χ0) is 18.9. The van der Waals surface area contributed by atoms with E-state index in [1.807, 2.05) is 6.92 Å². The van der Waals surface area contributed by atoms with E-state index < -0.39 is 0 Å². The lowest BCUT2D eigenvalue weighted by Crippen LogP contribution is -2.06. The van der Waals surface area contributed by atoms with Crippen LogP contribution in [-0.4, -0.2) is 26.3 Å². The molecule has 0 aliphatic carbocycles. The molecule has 2 aromatic rings. The van der Waals surface area contributed by atoms with E-state index in [-0.39, 0.29) is 5.82 Å². The van der Waals surface area contributed by atoms with E-state index in [9.17, 15) is 4.39 Å². The van der Waals surface area contributed by atoms with Crippen molar-refractivity contribution in [1.82, 2.24) is 10.3 Å². The number of hydrogen-bond donors (Lipinski definition) is 1. The van der Waals surface area contributed by atoms with Crippen molar-refractivity contribution in [2.24, 2.45) is 0 Å². The van der Waals surface area contributed by atoms with Gasteiger partial charge in [0.1, 0.15) is 17.3 Å². The summed E-state index contributed by atoms with van der Waals surface area (Å²) < 4.78 is 30.7. The first-order chi connectivity index (χ1) is 12.6. The maximum atomic E-state index is 14.1. The van der Waals surface area contributed by atoms with Crippen LogP contribution < -0.4 is 19.5 Å². The van der Waals surface area contributed by atoms with E-state index in [2.05, 4.69) is 10.3 Å². The SMILES string of the molecule is CNCc1ccc(Oc2ccnccc(OC)c(OC)cc2C)cc1F. The fraction of sp³-hybridized carbons (Fsp3) is 0.250. The Morgan fingerprint density at radius 1 is 0.962 bits per heavy atom. The Morgan fingerprint density at radius 3 is 2.27 bits per heavy atom. The first kappa shape index (κ1) is 19.5. The molecule has 2 rings (SSSR count). The van der Waals surface area contributed by atoms with Crippen LogP contribution in [0.25, 0.3) is 0 Å². The third-order valence-corrected chi connectivity index (χ3v) is 3.66. The van der Waals surface area contributed by atoms with Gasteiger partial charge in [-0.25, -0.2) is 4.39 Å². The first-order valence-electron chi connectivity index (χ1n) is 8.10. The number of nitrogens with one attached hydrogen (secondary N) is 1. The maximum absolute atomic E-state index is 14.1. The number of hydrogen-bond acceptors (Lipinski definition) is 5. The number of nitrogens with zero attached hydrogens (tertiary/aromatic N) is 1. The molecule has 0 amide bonds. The van der Waals surface area contributed by atoms with E-state index in [4.69, 9.17) is 14.2 Å². The third kappa shape index (κ3) is 5.07. The lowest BCUT2D eigenvalue weighted by atomic mass is 10.2. The van der Waals surface area contributed by atoms with Crippen LogP contribution in [0.5, 0.6) is 23.0 Å². The fourth-order valence-electron chi connectivity index (χ4n) is 2.32. The van der Waals surface area contributed by atoms with Crippen molar-refractivity contribution in [3.05, 3.63) is 65.7 Å². The number of rotatable bonds is 6. The Kier molecular flexibility index (Phi) is 7.17. The average Bonchev–Trinajstić information content (AvgIpc) is 2.64. The molecule has 1 N–H and O–H groups in total. The van der Waals surface area contributed by atoms with Gasteiger partial charge in [-0.15, -0.1) is 0 Å². The predicted octanol–water partition coefficient (Wildman–Crippen LogP) is 4.18. The normalized spacial score (nSPS) is 10.0. The highest BCUT2D eigenvalue weighted by Crippen LogP contribution is 2.29. The van der Waals surface area contributed by atoms with Gasteiger partial charge in [-0.3, -0.25) is 4.98 Å². The minimum Gasteiger partial charge on any atom is -0.493 e. The lowest BCUT2D eigenvalue weighted by Gasteiger charge is -2.10. The van der Waals surface area contributed by atoms with E-state index in [1.54, 1.807) is 64.0 Å². The summed E-state index contributed by atoms with van der Waals surface area (Å²) >= 11 is 0. The average molecular weight is 358 g/mol. The molecule has 138 valence electrons. The van der Waals surface area contributed by atoms with Crippen LogP contribution in [0, 0.1) is 12.7 Å². The summed E-state index contributed by atoms with van der Waals surface area (Å²) in [6, 6.07) is 9.99. The minimum atomic E-state index is -0.324. The molecule has 26 heavy (non-hydrogen) atoms. The van der Waals surface area contributed by atoms with E-state index in [1.165, 1.54) is 6.07 Å². The summed E-state index contributed by atoms with van der Waals surface area (Å²) in [7, 11) is 4.88. The van der Waals surface area contributed by atoms with Crippen LogP contribution in [0.1, 0.15) is 11.1 Å². The van der Waals surface area contributed by atoms with Gasteiger partial charge in [0.15, 0.2) is 11.5 Å². The van der Waals surface area contributed by atoms with Gasteiger partial charge in [0.25, 0.3) is 0 Å². The molecule has 0 spiro atoms. The number of aryl methyl sites for hydroxylation is 1. The van der Waals surface area contributed by atoms with Crippen LogP contribution in [0.4, 0.5) is 4.39 Å². The molecule has 5 nitrogen and oxygen atoms in total. The van der Waals surface area contributed by atoms with E-state index in [0.717, 1.165) is 5.56 Å². The summed E-state index contributed by atoms with van der Waals surface area (Å²) in [5.74, 6) is 1.66. The highest BCUT2D eigenvalue weighted by molar-refractivity contribution is 5.43. The largest absolute Gasteiger partial charge is 0.493 e. The van der Waals surface area contributed by atoms with Crippen LogP contribution in [0.2, 0.25) is 0 Å². The number of methoxy groups -OCH3 is 2. The van der Waals surface area contributed by atoms with E-state index in [0.29, 0.717) is 35.1 Å². The van der Waals surface area contributed by atoms with Gasteiger partial charge in [0.2, 0.25) is 0 Å². The molecule has 6 heteroatoms. The Bertz CT molecular complexity index is 811. The molecule has 0 atom stereocenters. The van der Waals surface area contributed by atoms with Gasteiger partial charge in [-0.2, -0.15) is 0 Å². The smallest absolute Gasteiger partial charge is 0.162 e. The maximum Gasteiger partial charge on any atom is 0.162 e. The Labute approximate surface area is 153 Å². The van der Waals surface area contributed by atoms with Crippen LogP contribution >= 0.6 is 0 Å². The van der Waals surface area contributed by atoms with E-state index >= 15 is 0 Å². The van der Waals surface area contributed by atoms with Gasteiger partial charge in [-0.05, 0) is 37.7 Å². The molecule has 0 bridgehead atoms. The zero-order valence-electron chi connectivity index (χ0n) is 15.4. The minimum absolute atomic E-state index is 0.324. The molecule has 0 radical (unpaired) electrons. The van der Waals surface area contributed by atoms with Crippen molar-refractivity contribution in [1.29, 1.82) is 0 Å². The Balaban J connectivity index is 2.47. The summed E-state index contributed by atoms with van der Waals surface area (Å²) in [6.07, 6.45) is 3.19. The number of ether oxygens (including phenoxy) is 3. The quantitative estimate of drug-likeness (QED) is 0.839. The molecule has 0 saturated heterocycles. The van der Waals surface area contributed by atoms with Gasteiger partial charge < -0.3 is 19.5 Å². The molecule has 0 unspecified atom stereocenters. The molecular formula is C20H23FN2O3. The van der Waals surface area contributed by atoms with Crippen molar-refractivity contribution in [2.45, 2.75) is 13.5 Å². The summed E-state index contributed by atoms with van der Waals surface area (Å²) in [5.41, 5.74) is 1.35. The Hall–Kier alpha value is -2.86. The fourth-order valence-corrected chi connectivity index (χ4v) is 2.32. The monoisotopic (exact) mass is 358 g/mol. The highest BCUT2D eigenvalue weighted by Gasteiger charge is 2.07. The van der Waals surface area contributed by atoms with Crippen LogP contribution in [0.3, 0.4) is 0 Å². The molecule has 0 aliphatic heterocycles. The lowest BCUT2D eigenvalue weighted by molar-refractivity contribution is 0.355. The summed E-state index contributed by atoms with van der Waals surface area (Å²) in [6.45, 7) is 2.32. The van der Waals surface area contributed by atoms with Gasteiger partial charge >= 0.3 is 0 Å². The number of aromatic nitrogens is 1. The predicted molar refractivity (Wildman–Crippen MR) is 98.9 cm³/mol. The van der Waals surface area contributed by atoms with Crippen LogP contribution in [0.15, 0.2) is 48.8 Å². The highest BCUT2D eigenvalue weighted by atomic mass is 19.1. The standard InChI is InChI=1S/C20H23FN2O3/c1-14-11-20(25-4)19(24-3)8-10-23-9-7-18(14)26-16-6-5-15(13-22-2)17(21)12-16/h5-12,22H,13H2,1-4H3. The van der Waals surface area contributed by atoms with Crippen molar-refractivity contribution in [3.63, 3.8) is 0 Å². The summed E-state index contributed by atoms with van der Waals surface area (Å²) in [5, 5.41) is 2.93. The van der Waals surface area contributed by atoms with Crippen molar-refractivity contribution in [3.8, 4) is 23.0 Å².